The van der Waals surface area contributed by atoms with Crippen molar-refractivity contribution in [3.05, 3.63) is 0 Å². The van der Waals surface area contributed by atoms with Crippen LogP contribution in [0.4, 0.5) is 0 Å². The first-order valence-electron chi connectivity index (χ1n) is 3.28. The van der Waals surface area contributed by atoms with Crippen LogP contribution in [0.5, 0.6) is 0 Å². The lowest BCUT2D eigenvalue weighted by Gasteiger charge is -1.86. The number of rotatable bonds is 0. The summed E-state index contributed by atoms with van der Waals surface area (Å²) in [7, 11) is 0. The molecule has 0 N–H and O–H groups in total. The molecule has 0 amide bonds. The second-order valence-electron chi connectivity index (χ2n) is 1.04. The molecule has 0 bridgehead atoms. The van der Waals surface area contributed by atoms with Crippen LogP contribution < -0.4 is 0 Å². The summed E-state index contributed by atoms with van der Waals surface area (Å²) < 4.78 is 25.1. The third-order valence-corrected chi connectivity index (χ3v) is 0.585. The van der Waals surface area contributed by atoms with Crippen LogP contribution in [-0.4, -0.2) is 19.0 Å². The van der Waals surface area contributed by atoms with Crippen LogP contribution in [0.15, 0.2) is 4.99 Å². The summed E-state index contributed by atoms with van der Waals surface area (Å²) in [6, 6.07) is 0. The monoisotopic (exact) mass is 88.1 g/mol. The first-order chi connectivity index (χ1) is 4.11. The van der Waals surface area contributed by atoms with Crippen LogP contribution in [-0.2, 0) is 4.74 Å². The molecule has 0 aromatic carbocycles. The minimum absolute atomic E-state index is 0.0949. The summed E-state index contributed by atoms with van der Waals surface area (Å²) in [4.78, 5) is 3.64. The van der Waals surface area contributed by atoms with Crippen LogP contribution >= 0.6 is 0 Å². The van der Waals surface area contributed by atoms with Gasteiger partial charge in [0.15, 0.2) is 5.90 Å². The van der Waals surface area contributed by atoms with E-state index in [-0.39, 0.29) is 5.90 Å². The summed E-state index contributed by atoms with van der Waals surface area (Å²) in [6.07, 6.45) is 0. The van der Waals surface area contributed by atoms with E-state index in [1.54, 1.807) is 0 Å². The van der Waals surface area contributed by atoms with Crippen molar-refractivity contribution >= 4 is 5.90 Å². The van der Waals surface area contributed by atoms with E-state index < -0.39 is 6.85 Å². The van der Waals surface area contributed by atoms with Crippen molar-refractivity contribution in [2.24, 2.45) is 4.99 Å². The quantitative estimate of drug-likeness (QED) is 0.421. The van der Waals surface area contributed by atoms with Gasteiger partial charge < -0.3 is 4.74 Å². The lowest BCUT2D eigenvalue weighted by Crippen LogP contribution is -1.89. The molecule has 2 heteroatoms. The van der Waals surface area contributed by atoms with E-state index in [0.717, 1.165) is 0 Å². The Morgan fingerprint density at radius 3 is 3.50 bits per heavy atom. The average Bonchev–Trinajstić information content (AvgIpc) is 2.08. The molecule has 34 valence electrons. The van der Waals surface area contributed by atoms with Crippen molar-refractivity contribution in [2.45, 2.75) is 6.85 Å². The predicted octanol–water partition coefficient (Wildman–Crippen LogP) is 0.435. The van der Waals surface area contributed by atoms with E-state index in [0.29, 0.717) is 13.2 Å². The second-order valence-corrected chi connectivity index (χ2v) is 1.04. The van der Waals surface area contributed by atoms with Gasteiger partial charge in [-0.1, -0.05) is 0 Å². The van der Waals surface area contributed by atoms with Crippen LogP contribution in [0.3, 0.4) is 0 Å². The summed E-state index contributed by atoms with van der Waals surface area (Å²) in [5, 5.41) is 0. The molecule has 0 saturated heterocycles. The first kappa shape index (κ1) is 1.52. The molecular formula is C4H7NO. The Kier molecular flexibility index (Phi) is 0.326. The topological polar surface area (TPSA) is 21.6 Å². The van der Waals surface area contributed by atoms with Gasteiger partial charge in [0, 0.05) is 11.0 Å². The molecule has 2 nitrogen and oxygen atoms in total. The van der Waals surface area contributed by atoms with Gasteiger partial charge in [-0.05, 0) is 0 Å². The SMILES string of the molecule is [2H]C([2H])([2H])C1=NCCO1. The number of nitrogens with zero attached hydrogens (tertiary/aromatic N) is 1. The Bertz CT molecular complexity index is 139. The van der Waals surface area contributed by atoms with Crippen molar-refractivity contribution in [2.75, 3.05) is 13.2 Å². The molecule has 1 heterocycles. The fourth-order valence-corrected chi connectivity index (χ4v) is 0.335. The molecule has 1 rings (SSSR count). The number of ether oxygens (including phenoxy) is 1. The molecule has 0 spiro atoms. The highest BCUT2D eigenvalue weighted by atomic mass is 16.5. The van der Waals surface area contributed by atoms with E-state index in [9.17, 15) is 0 Å². The highest BCUT2D eigenvalue weighted by molar-refractivity contribution is 5.74. The molecular weight excluding hydrogens is 78.0 g/mol. The Morgan fingerprint density at radius 1 is 2.17 bits per heavy atom. The average molecular weight is 88.1 g/mol. The molecule has 0 aromatic rings. The maximum Gasteiger partial charge on any atom is 0.180 e. The molecule has 0 unspecified atom stereocenters. The second kappa shape index (κ2) is 1.29. The largest absolute Gasteiger partial charge is 0.479 e. The zero-order chi connectivity index (χ0) is 6.91. The smallest absolute Gasteiger partial charge is 0.180 e. The first-order valence-corrected chi connectivity index (χ1v) is 1.78. The predicted molar refractivity (Wildman–Crippen MR) is 23.9 cm³/mol. The Labute approximate surface area is 41.1 Å². The van der Waals surface area contributed by atoms with Crippen LogP contribution in [0, 0.1) is 0 Å². The van der Waals surface area contributed by atoms with Gasteiger partial charge in [-0.2, -0.15) is 0 Å². The minimum Gasteiger partial charge on any atom is -0.479 e. The summed E-state index contributed by atoms with van der Waals surface area (Å²) in [6.45, 7) is -1.25. The third kappa shape index (κ3) is 0.506. The standard InChI is InChI=1S/C4H7NO/c1-4-5-2-3-6-4/h2-3H2,1H3/i1D3. The van der Waals surface area contributed by atoms with E-state index in [1.165, 1.54) is 0 Å². The highest BCUT2D eigenvalue weighted by Crippen LogP contribution is 1.89. The maximum atomic E-state index is 6.81. The molecule has 6 heavy (non-hydrogen) atoms. The molecule has 0 aromatic heterocycles. The fraction of sp³-hybridized carbons (Fsp3) is 0.750. The van der Waals surface area contributed by atoms with Gasteiger partial charge in [0.2, 0.25) is 0 Å². The van der Waals surface area contributed by atoms with Crippen molar-refractivity contribution < 1.29 is 8.85 Å². The van der Waals surface area contributed by atoms with Crippen LogP contribution in [0.1, 0.15) is 11.0 Å². The normalized spacial score (nSPS) is 29.3. The molecule has 0 atom stereocenters. The maximum absolute atomic E-state index is 6.81. The summed E-state index contributed by atoms with van der Waals surface area (Å²) >= 11 is 0. The number of aliphatic imine (C=N–C) groups is 1. The Hall–Kier alpha value is -0.530. The van der Waals surface area contributed by atoms with Gasteiger partial charge in [0.25, 0.3) is 0 Å². The lowest BCUT2D eigenvalue weighted by atomic mass is 10.8. The van der Waals surface area contributed by atoms with Crippen molar-refractivity contribution in [1.29, 1.82) is 0 Å². The van der Waals surface area contributed by atoms with Gasteiger partial charge in [-0.3, -0.25) is 4.99 Å². The molecule has 0 aliphatic carbocycles. The van der Waals surface area contributed by atoms with Crippen molar-refractivity contribution in [3.63, 3.8) is 0 Å². The Balaban J connectivity index is 2.61. The minimum atomic E-state index is -2.14. The number of hydrogen-bond donors (Lipinski definition) is 0. The molecule has 1 aliphatic heterocycles. The van der Waals surface area contributed by atoms with Crippen molar-refractivity contribution in [1.82, 2.24) is 0 Å². The molecule has 1 aliphatic rings. The zero-order valence-corrected chi connectivity index (χ0v) is 3.27. The van der Waals surface area contributed by atoms with E-state index >= 15 is 0 Å². The lowest BCUT2D eigenvalue weighted by molar-refractivity contribution is 0.345. The third-order valence-electron chi connectivity index (χ3n) is 0.585. The van der Waals surface area contributed by atoms with Crippen LogP contribution in [0.25, 0.3) is 0 Å². The fourth-order valence-electron chi connectivity index (χ4n) is 0.335. The van der Waals surface area contributed by atoms with E-state index in [2.05, 4.69) is 4.99 Å². The summed E-state index contributed by atoms with van der Waals surface area (Å²) in [5.41, 5.74) is 0. The summed E-state index contributed by atoms with van der Waals surface area (Å²) in [5.74, 6) is -0.0949. The highest BCUT2D eigenvalue weighted by Gasteiger charge is 1.96. The van der Waals surface area contributed by atoms with Gasteiger partial charge in [0.05, 0.1) is 6.54 Å². The van der Waals surface area contributed by atoms with E-state index in [1.807, 2.05) is 0 Å². The van der Waals surface area contributed by atoms with Crippen LogP contribution in [0.2, 0.25) is 0 Å². The van der Waals surface area contributed by atoms with Gasteiger partial charge in [-0.25, -0.2) is 0 Å². The van der Waals surface area contributed by atoms with Gasteiger partial charge in [-0.15, -0.1) is 0 Å². The van der Waals surface area contributed by atoms with Gasteiger partial charge in [0.1, 0.15) is 6.61 Å². The molecule has 0 saturated carbocycles. The molecule has 0 radical (unpaired) electrons. The van der Waals surface area contributed by atoms with Gasteiger partial charge >= 0.3 is 0 Å². The van der Waals surface area contributed by atoms with Crippen molar-refractivity contribution in [3.8, 4) is 0 Å². The Morgan fingerprint density at radius 2 is 3.17 bits per heavy atom. The zero-order valence-electron chi connectivity index (χ0n) is 6.27. The number of hydrogen-bond acceptors (Lipinski definition) is 2. The van der Waals surface area contributed by atoms with E-state index in [4.69, 9.17) is 8.85 Å². The molecule has 0 fully saturated rings.